The molecule has 2 N–H and O–H groups in total. The molecule has 0 aliphatic carbocycles. The number of carboxylic acid groups (broad SMARTS) is 1. The van der Waals surface area contributed by atoms with Crippen molar-refractivity contribution < 1.29 is 19.4 Å². The van der Waals surface area contributed by atoms with Gasteiger partial charge in [-0.25, -0.2) is 4.79 Å². The zero-order valence-electron chi connectivity index (χ0n) is 12.9. The number of hydrogen-bond donors (Lipinski definition) is 2. The molecule has 0 radical (unpaired) electrons. The number of hydrogen-bond acceptors (Lipinski definition) is 3. The largest absolute Gasteiger partial charge is 0.481 e. The quantitative estimate of drug-likeness (QED) is 0.809. The van der Waals surface area contributed by atoms with Crippen molar-refractivity contribution in [2.45, 2.75) is 46.3 Å². The Morgan fingerprint density at radius 1 is 1.33 bits per heavy atom. The first-order valence-corrected chi connectivity index (χ1v) is 7.11. The first-order chi connectivity index (χ1) is 9.85. The van der Waals surface area contributed by atoms with Gasteiger partial charge in [-0.3, -0.25) is 4.79 Å². The van der Waals surface area contributed by atoms with Crippen molar-refractivity contribution in [2.75, 3.05) is 0 Å². The maximum Gasteiger partial charge on any atom is 0.326 e. The normalized spacial score (nSPS) is 13.6. The highest BCUT2D eigenvalue weighted by atomic mass is 16.5. The number of nitrogens with one attached hydrogen (secondary N) is 1. The van der Waals surface area contributed by atoms with Crippen molar-refractivity contribution in [1.82, 2.24) is 5.32 Å². The molecular formula is C16H23NO4. The molecule has 0 saturated heterocycles. The van der Waals surface area contributed by atoms with E-state index >= 15 is 0 Å². The van der Waals surface area contributed by atoms with Crippen LogP contribution >= 0.6 is 0 Å². The second-order valence-corrected chi connectivity index (χ2v) is 5.40. The smallest absolute Gasteiger partial charge is 0.326 e. The lowest BCUT2D eigenvalue weighted by Gasteiger charge is -2.22. The van der Waals surface area contributed by atoms with Crippen molar-refractivity contribution in [1.29, 1.82) is 0 Å². The molecule has 1 amide bonds. The number of carbonyl (C=O) groups excluding carboxylic acids is 1. The summed E-state index contributed by atoms with van der Waals surface area (Å²) in [6.07, 6.45) is -0.239. The predicted octanol–water partition coefficient (Wildman–Crippen LogP) is 2.38. The minimum Gasteiger partial charge on any atom is -0.481 e. The SMILES string of the molecule is CCC(Oc1cccc(C)c1)C(=O)N[C@H](C(=O)O)C(C)C. The number of carboxylic acids is 1. The van der Waals surface area contributed by atoms with Crippen LogP contribution in [0.3, 0.4) is 0 Å². The van der Waals surface area contributed by atoms with Gasteiger partial charge < -0.3 is 15.2 Å². The third kappa shape index (κ3) is 5.10. The van der Waals surface area contributed by atoms with Gasteiger partial charge in [-0.2, -0.15) is 0 Å². The number of benzene rings is 1. The molecule has 1 aromatic rings. The summed E-state index contributed by atoms with van der Waals surface area (Å²) in [7, 11) is 0. The van der Waals surface area contributed by atoms with E-state index in [0.717, 1.165) is 5.56 Å². The van der Waals surface area contributed by atoms with Gasteiger partial charge in [0.1, 0.15) is 11.8 Å². The number of amides is 1. The van der Waals surface area contributed by atoms with Crippen molar-refractivity contribution in [2.24, 2.45) is 5.92 Å². The van der Waals surface area contributed by atoms with E-state index in [0.29, 0.717) is 12.2 Å². The van der Waals surface area contributed by atoms with Crippen molar-refractivity contribution in [3.63, 3.8) is 0 Å². The average Bonchev–Trinajstić information content (AvgIpc) is 2.41. The topological polar surface area (TPSA) is 75.6 Å². The summed E-state index contributed by atoms with van der Waals surface area (Å²) in [5.74, 6) is -1.03. The van der Waals surface area contributed by atoms with Crippen LogP contribution in [0.15, 0.2) is 24.3 Å². The van der Waals surface area contributed by atoms with Crippen molar-refractivity contribution >= 4 is 11.9 Å². The van der Waals surface area contributed by atoms with E-state index in [4.69, 9.17) is 9.84 Å². The molecule has 2 atom stereocenters. The molecular weight excluding hydrogens is 270 g/mol. The van der Waals surface area contributed by atoms with Crippen LogP contribution in [0.4, 0.5) is 0 Å². The minimum absolute atomic E-state index is 0.192. The van der Waals surface area contributed by atoms with Gasteiger partial charge in [-0.15, -0.1) is 0 Å². The van der Waals surface area contributed by atoms with E-state index in [-0.39, 0.29) is 5.92 Å². The standard InChI is InChI=1S/C16H23NO4/c1-5-13(21-12-8-6-7-11(4)9-12)15(18)17-14(10(2)3)16(19)20/h6-10,13-14H,5H2,1-4H3,(H,17,18)(H,19,20)/t13?,14-/m0/s1. The summed E-state index contributed by atoms with van der Waals surface area (Å²) in [5.41, 5.74) is 1.04. The fraction of sp³-hybridized carbons (Fsp3) is 0.500. The first-order valence-electron chi connectivity index (χ1n) is 7.11. The molecule has 21 heavy (non-hydrogen) atoms. The maximum absolute atomic E-state index is 12.2. The van der Waals surface area contributed by atoms with E-state index in [1.54, 1.807) is 19.9 Å². The van der Waals surface area contributed by atoms with Gasteiger partial charge in [0.05, 0.1) is 0 Å². The lowest BCUT2D eigenvalue weighted by Crippen LogP contribution is -2.49. The van der Waals surface area contributed by atoms with Crippen LogP contribution in [0, 0.1) is 12.8 Å². The molecule has 0 bridgehead atoms. The fourth-order valence-electron chi connectivity index (χ4n) is 1.93. The predicted molar refractivity (Wildman–Crippen MR) is 80.3 cm³/mol. The van der Waals surface area contributed by atoms with E-state index in [9.17, 15) is 9.59 Å². The Hall–Kier alpha value is -2.04. The van der Waals surface area contributed by atoms with Crippen molar-refractivity contribution in [3.05, 3.63) is 29.8 Å². The molecule has 0 saturated carbocycles. The molecule has 1 unspecified atom stereocenters. The summed E-state index contributed by atoms with van der Waals surface area (Å²) < 4.78 is 5.66. The van der Waals surface area contributed by atoms with Crippen LogP contribution in [0.1, 0.15) is 32.8 Å². The Kier molecular flexibility index (Phi) is 6.21. The Balaban J connectivity index is 2.75. The third-order valence-electron chi connectivity index (χ3n) is 3.16. The van der Waals surface area contributed by atoms with Crippen LogP contribution in [0.2, 0.25) is 0 Å². The Morgan fingerprint density at radius 3 is 2.48 bits per heavy atom. The van der Waals surface area contributed by atoms with Gasteiger partial charge in [0.2, 0.25) is 0 Å². The lowest BCUT2D eigenvalue weighted by atomic mass is 10.0. The van der Waals surface area contributed by atoms with E-state index in [2.05, 4.69) is 5.32 Å². The van der Waals surface area contributed by atoms with Gasteiger partial charge in [-0.1, -0.05) is 32.9 Å². The zero-order chi connectivity index (χ0) is 16.0. The highest BCUT2D eigenvalue weighted by Crippen LogP contribution is 2.16. The van der Waals surface area contributed by atoms with Crippen LogP contribution < -0.4 is 10.1 Å². The summed E-state index contributed by atoms with van der Waals surface area (Å²) in [6, 6.07) is 6.50. The van der Waals surface area contributed by atoms with Gasteiger partial charge in [0.15, 0.2) is 6.10 Å². The minimum atomic E-state index is -1.04. The molecule has 0 aromatic heterocycles. The molecule has 1 rings (SSSR count). The van der Waals surface area contributed by atoms with Gasteiger partial charge >= 0.3 is 5.97 Å². The summed E-state index contributed by atoms with van der Waals surface area (Å²) in [5, 5.41) is 11.7. The molecule has 0 aliphatic heterocycles. The average molecular weight is 293 g/mol. The molecule has 0 fully saturated rings. The van der Waals surface area contributed by atoms with Crippen LogP contribution in [-0.4, -0.2) is 29.1 Å². The lowest BCUT2D eigenvalue weighted by molar-refractivity contribution is -0.144. The third-order valence-corrected chi connectivity index (χ3v) is 3.16. The number of aryl methyl sites for hydroxylation is 1. The van der Waals surface area contributed by atoms with Crippen LogP contribution in [0.5, 0.6) is 5.75 Å². The molecule has 0 spiro atoms. The molecule has 5 nitrogen and oxygen atoms in total. The maximum atomic E-state index is 12.2. The van der Waals surface area contributed by atoms with Gasteiger partial charge in [0, 0.05) is 0 Å². The molecule has 0 heterocycles. The van der Waals surface area contributed by atoms with Crippen LogP contribution in [-0.2, 0) is 9.59 Å². The number of rotatable bonds is 7. The number of ether oxygens (including phenoxy) is 1. The Labute approximate surface area is 125 Å². The fourth-order valence-corrected chi connectivity index (χ4v) is 1.93. The Bertz CT molecular complexity index is 499. The second-order valence-electron chi connectivity index (χ2n) is 5.40. The van der Waals surface area contributed by atoms with Gasteiger partial charge in [0.25, 0.3) is 5.91 Å². The Morgan fingerprint density at radius 2 is 2.00 bits per heavy atom. The highest BCUT2D eigenvalue weighted by Gasteiger charge is 2.27. The monoisotopic (exact) mass is 293 g/mol. The molecule has 1 aromatic carbocycles. The molecule has 5 heteroatoms. The van der Waals surface area contributed by atoms with Crippen LogP contribution in [0.25, 0.3) is 0 Å². The summed E-state index contributed by atoms with van der Waals surface area (Å²) >= 11 is 0. The highest BCUT2D eigenvalue weighted by molar-refractivity contribution is 5.86. The van der Waals surface area contributed by atoms with E-state index in [1.165, 1.54) is 0 Å². The van der Waals surface area contributed by atoms with E-state index in [1.807, 2.05) is 32.0 Å². The molecule has 116 valence electrons. The molecule has 0 aliphatic rings. The van der Waals surface area contributed by atoms with Gasteiger partial charge in [-0.05, 0) is 37.0 Å². The zero-order valence-corrected chi connectivity index (χ0v) is 12.9. The second kappa shape index (κ2) is 7.67. The number of aliphatic carboxylic acids is 1. The number of carbonyl (C=O) groups is 2. The summed E-state index contributed by atoms with van der Waals surface area (Å²) in [4.78, 5) is 23.3. The van der Waals surface area contributed by atoms with Crippen molar-refractivity contribution in [3.8, 4) is 5.75 Å². The summed E-state index contributed by atoms with van der Waals surface area (Å²) in [6.45, 7) is 7.27. The first kappa shape index (κ1) is 17.0. The van der Waals surface area contributed by atoms with E-state index < -0.39 is 24.0 Å².